The maximum absolute atomic E-state index is 12.6. The van der Waals surface area contributed by atoms with Gasteiger partial charge in [0.2, 0.25) is 5.91 Å². The van der Waals surface area contributed by atoms with Gasteiger partial charge in [-0.3, -0.25) is 9.59 Å². The topological polar surface area (TPSA) is 97.5 Å². The lowest BCUT2D eigenvalue weighted by Gasteiger charge is -2.10. The zero-order chi connectivity index (χ0) is 18.4. The minimum absolute atomic E-state index is 0.0484. The van der Waals surface area contributed by atoms with Gasteiger partial charge in [0.05, 0.1) is 5.56 Å². The van der Waals surface area contributed by atoms with E-state index in [1.807, 2.05) is 6.07 Å². The summed E-state index contributed by atoms with van der Waals surface area (Å²) in [5.74, 6) is -2.11. The number of ketones is 1. The summed E-state index contributed by atoms with van der Waals surface area (Å²) in [6, 6.07) is 11.4. The number of hydrogen-bond donors (Lipinski definition) is 2. The number of carboxylic acid groups (broad SMARTS) is 1. The Morgan fingerprint density at radius 2 is 1.68 bits per heavy atom. The number of amides is 1. The van der Waals surface area contributed by atoms with Crippen LogP contribution in [0.3, 0.4) is 0 Å². The van der Waals surface area contributed by atoms with Crippen LogP contribution in [0.4, 0.5) is 0 Å². The van der Waals surface area contributed by atoms with Crippen molar-refractivity contribution in [2.45, 2.75) is 32.6 Å². The number of Topliss-reactive ketones (excluding diaryl/α,β-unsaturated/α-hetero) is 1. The molecule has 5 nitrogen and oxygen atoms in total. The van der Waals surface area contributed by atoms with Crippen LogP contribution in [-0.4, -0.2) is 22.8 Å². The summed E-state index contributed by atoms with van der Waals surface area (Å²) in [7, 11) is 0. The summed E-state index contributed by atoms with van der Waals surface area (Å²) in [4.78, 5) is 35.6. The molecule has 2 aromatic carbocycles. The zero-order valence-corrected chi connectivity index (χ0v) is 14.1. The van der Waals surface area contributed by atoms with Crippen LogP contribution < -0.4 is 5.73 Å². The van der Waals surface area contributed by atoms with Gasteiger partial charge in [-0.15, -0.1) is 0 Å². The second-order valence-corrected chi connectivity index (χ2v) is 5.91. The molecule has 25 heavy (non-hydrogen) atoms. The Bertz CT molecular complexity index is 811. The summed E-state index contributed by atoms with van der Waals surface area (Å²) in [5, 5.41) is 9.22. The van der Waals surface area contributed by atoms with E-state index in [0.29, 0.717) is 11.1 Å². The van der Waals surface area contributed by atoms with Gasteiger partial charge < -0.3 is 10.8 Å². The van der Waals surface area contributed by atoms with Crippen molar-refractivity contribution in [1.82, 2.24) is 0 Å². The number of nitrogens with two attached hydrogens (primary N) is 1. The average Bonchev–Trinajstić information content (AvgIpc) is 2.60. The number of unbranched alkanes of at least 4 members (excludes halogenated alkanes) is 1. The van der Waals surface area contributed by atoms with Crippen LogP contribution in [0.2, 0.25) is 0 Å². The van der Waals surface area contributed by atoms with E-state index in [1.54, 1.807) is 24.3 Å². The highest BCUT2D eigenvalue weighted by atomic mass is 16.4. The first-order valence-electron chi connectivity index (χ1n) is 8.21. The number of rotatable bonds is 8. The van der Waals surface area contributed by atoms with E-state index < -0.39 is 11.9 Å². The summed E-state index contributed by atoms with van der Waals surface area (Å²) in [6.45, 7) is 2.09. The zero-order valence-electron chi connectivity index (χ0n) is 14.1. The number of aryl methyl sites for hydroxylation is 1. The molecule has 5 heteroatoms. The Morgan fingerprint density at radius 3 is 2.28 bits per heavy atom. The first kappa shape index (κ1) is 18.4. The molecule has 1 amide bonds. The van der Waals surface area contributed by atoms with Crippen molar-refractivity contribution in [1.29, 1.82) is 0 Å². The molecule has 2 aromatic rings. The summed E-state index contributed by atoms with van der Waals surface area (Å²) in [5.41, 5.74) is 7.36. The van der Waals surface area contributed by atoms with Crippen LogP contribution in [-0.2, 0) is 12.8 Å². The van der Waals surface area contributed by atoms with E-state index in [-0.39, 0.29) is 23.3 Å². The molecule has 0 aliphatic heterocycles. The molecule has 0 fully saturated rings. The standard InChI is InChI=1S/C20H21NO4/c1-2-3-6-13-9-10-14(17(11-13)19(21)23)12-18(22)15-7-4-5-8-16(15)20(24)25/h4-5,7-11H,2-3,6,12H2,1H3,(H2,21,23)(H,24,25). The third-order valence-electron chi connectivity index (χ3n) is 4.07. The number of aromatic carboxylic acids is 1. The SMILES string of the molecule is CCCCc1ccc(CC(=O)c2ccccc2C(=O)O)c(C(N)=O)c1. The van der Waals surface area contributed by atoms with Crippen LogP contribution in [0.15, 0.2) is 42.5 Å². The molecule has 3 N–H and O–H groups in total. The predicted molar refractivity (Wildman–Crippen MR) is 95.0 cm³/mol. The molecule has 0 aliphatic carbocycles. The fourth-order valence-corrected chi connectivity index (χ4v) is 2.72. The summed E-state index contributed by atoms with van der Waals surface area (Å²) >= 11 is 0. The molecule has 0 heterocycles. The van der Waals surface area contributed by atoms with E-state index >= 15 is 0 Å². The van der Waals surface area contributed by atoms with Crippen LogP contribution in [0.5, 0.6) is 0 Å². The summed E-state index contributed by atoms with van der Waals surface area (Å²) in [6.07, 6.45) is 2.81. The van der Waals surface area contributed by atoms with Crippen LogP contribution in [0, 0.1) is 0 Å². The third-order valence-corrected chi connectivity index (χ3v) is 4.07. The molecular formula is C20H21NO4. The molecular weight excluding hydrogens is 318 g/mol. The average molecular weight is 339 g/mol. The smallest absolute Gasteiger partial charge is 0.336 e. The maximum atomic E-state index is 12.6. The van der Waals surface area contributed by atoms with Crippen LogP contribution >= 0.6 is 0 Å². The molecule has 0 unspecified atom stereocenters. The Balaban J connectivity index is 2.32. The van der Waals surface area contributed by atoms with Crippen molar-refractivity contribution in [3.8, 4) is 0 Å². The lowest BCUT2D eigenvalue weighted by molar-refractivity contribution is 0.0691. The molecule has 0 atom stereocenters. The first-order valence-corrected chi connectivity index (χ1v) is 8.21. The molecule has 130 valence electrons. The normalized spacial score (nSPS) is 10.4. The van der Waals surface area contributed by atoms with Crippen molar-refractivity contribution in [3.63, 3.8) is 0 Å². The van der Waals surface area contributed by atoms with Crippen molar-refractivity contribution in [3.05, 3.63) is 70.3 Å². The molecule has 0 spiro atoms. The molecule has 2 rings (SSSR count). The van der Waals surface area contributed by atoms with Gasteiger partial charge >= 0.3 is 5.97 Å². The largest absolute Gasteiger partial charge is 0.478 e. The van der Waals surface area contributed by atoms with Gasteiger partial charge in [-0.2, -0.15) is 0 Å². The Labute approximate surface area is 146 Å². The lowest BCUT2D eigenvalue weighted by atomic mass is 9.93. The third kappa shape index (κ3) is 4.53. The molecule has 0 radical (unpaired) electrons. The van der Waals surface area contributed by atoms with Gasteiger partial charge in [0.25, 0.3) is 0 Å². The number of carbonyl (C=O) groups is 3. The van der Waals surface area contributed by atoms with Gasteiger partial charge in [0, 0.05) is 17.5 Å². The van der Waals surface area contributed by atoms with Crippen LogP contribution in [0.1, 0.15) is 62.0 Å². The van der Waals surface area contributed by atoms with Gasteiger partial charge in [0.15, 0.2) is 5.78 Å². The molecule has 0 saturated carbocycles. The van der Waals surface area contributed by atoms with Crippen molar-refractivity contribution < 1.29 is 19.5 Å². The second kappa shape index (κ2) is 8.24. The lowest BCUT2D eigenvalue weighted by Crippen LogP contribution is -2.17. The van der Waals surface area contributed by atoms with Gasteiger partial charge in [0.1, 0.15) is 0 Å². The first-order chi connectivity index (χ1) is 11.9. The maximum Gasteiger partial charge on any atom is 0.336 e. The van der Waals surface area contributed by atoms with E-state index in [4.69, 9.17) is 5.73 Å². The number of carbonyl (C=O) groups excluding carboxylic acids is 2. The number of hydrogen-bond acceptors (Lipinski definition) is 3. The Hall–Kier alpha value is -2.95. The number of benzene rings is 2. The van der Waals surface area contributed by atoms with Crippen molar-refractivity contribution in [2.75, 3.05) is 0 Å². The van der Waals surface area contributed by atoms with E-state index in [1.165, 1.54) is 12.1 Å². The van der Waals surface area contributed by atoms with E-state index in [9.17, 15) is 19.5 Å². The Morgan fingerprint density at radius 1 is 1.00 bits per heavy atom. The van der Waals surface area contributed by atoms with E-state index in [2.05, 4.69) is 6.92 Å². The molecule has 0 bridgehead atoms. The fraction of sp³-hybridized carbons (Fsp3) is 0.250. The monoisotopic (exact) mass is 339 g/mol. The van der Waals surface area contributed by atoms with E-state index in [0.717, 1.165) is 24.8 Å². The van der Waals surface area contributed by atoms with Crippen LogP contribution in [0.25, 0.3) is 0 Å². The fourth-order valence-electron chi connectivity index (χ4n) is 2.72. The highest BCUT2D eigenvalue weighted by molar-refractivity contribution is 6.07. The minimum Gasteiger partial charge on any atom is -0.478 e. The number of carboxylic acids is 1. The second-order valence-electron chi connectivity index (χ2n) is 5.91. The molecule has 0 aliphatic rings. The molecule has 0 saturated heterocycles. The molecule has 0 aromatic heterocycles. The number of primary amides is 1. The summed E-state index contributed by atoms with van der Waals surface area (Å²) < 4.78 is 0. The Kier molecular flexibility index (Phi) is 6.06. The van der Waals surface area contributed by atoms with Gasteiger partial charge in [-0.25, -0.2) is 4.79 Å². The van der Waals surface area contributed by atoms with Gasteiger partial charge in [-0.05, 0) is 36.1 Å². The van der Waals surface area contributed by atoms with Crippen molar-refractivity contribution >= 4 is 17.7 Å². The highest BCUT2D eigenvalue weighted by Gasteiger charge is 2.18. The quantitative estimate of drug-likeness (QED) is 0.721. The predicted octanol–water partition coefficient (Wildman–Crippen LogP) is 3.25. The minimum atomic E-state index is -1.16. The van der Waals surface area contributed by atoms with Crippen molar-refractivity contribution in [2.24, 2.45) is 5.73 Å². The highest BCUT2D eigenvalue weighted by Crippen LogP contribution is 2.18. The van der Waals surface area contributed by atoms with Gasteiger partial charge in [-0.1, -0.05) is 43.7 Å².